The number of primary sulfonamides is 1. The van der Waals surface area contributed by atoms with Crippen molar-refractivity contribution in [3.8, 4) is 0 Å². The maximum absolute atomic E-state index is 12.4. The molecule has 0 saturated carbocycles. The fourth-order valence-corrected chi connectivity index (χ4v) is 3.82. The minimum Gasteiger partial charge on any atom is -0.459 e. The molecule has 0 aliphatic heterocycles. The van der Waals surface area contributed by atoms with Crippen LogP contribution in [0.4, 0.5) is 11.4 Å². The molecular weight excluding hydrogens is 406 g/mol. The van der Waals surface area contributed by atoms with Gasteiger partial charge in [0.15, 0.2) is 5.76 Å². The van der Waals surface area contributed by atoms with Crippen molar-refractivity contribution in [2.45, 2.75) is 9.79 Å². The van der Waals surface area contributed by atoms with Crippen molar-refractivity contribution in [3.63, 3.8) is 0 Å². The van der Waals surface area contributed by atoms with E-state index in [-0.39, 0.29) is 21.2 Å². The van der Waals surface area contributed by atoms with E-state index >= 15 is 0 Å². The first kappa shape index (κ1) is 19.6. The number of benzene rings is 2. The summed E-state index contributed by atoms with van der Waals surface area (Å²) in [4.78, 5) is 11.7. The van der Waals surface area contributed by atoms with Crippen LogP contribution in [0.3, 0.4) is 0 Å². The van der Waals surface area contributed by atoms with Crippen LogP contribution in [0, 0.1) is 0 Å². The zero-order valence-corrected chi connectivity index (χ0v) is 15.8. The number of anilines is 2. The lowest BCUT2D eigenvalue weighted by Gasteiger charge is -2.09. The Morgan fingerprint density at radius 1 is 0.821 bits per heavy atom. The first-order valence-corrected chi connectivity index (χ1v) is 10.8. The number of furan rings is 1. The first-order chi connectivity index (χ1) is 13.1. The predicted molar refractivity (Wildman–Crippen MR) is 102 cm³/mol. The van der Waals surface area contributed by atoms with Crippen molar-refractivity contribution in [1.29, 1.82) is 0 Å². The molecule has 0 fully saturated rings. The number of amides is 1. The molecule has 0 spiro atoms. The Balaban J connectivity index is 1.72. The van der Waals surface area contributed by atoms with Gasteiger partial charge in [0.05, 0.1) is 16.1 Å². The maximum Gasteiger partial charge on any atom is 0.291 e. The van der Waals surface area contributed by atoms with Crippen LogP contribution in [-0.2, 0) is 20.0 Å². The van der Waals surface area contributed by atoms with Crippen LogP contribution < -0.4 is 15.2 Å². The molecule has 1 heterocycles. The van der Waals surface area contributed by atoms with Crippen LogP contribution in [-0.4, -0.2) is 22.7 Å². The molecule has 0 unspecified atom stereocenters. The third kappa shape index (κ3) is 4.57. The summed E-state index contributed by atoms with van der Waals surface area (Å²) in [5.41, 5.74) is 0.556. The van der Waals surface area contributed by atoms with Gasteiger partial charge < -0.3 is 9.73 Å². The van der Waals surface area contributed by atoms with Gasteiger partial charge in [-0.25, -0.2) is 22.0 Å². The molecule has 0 bridgehead atoms. The van der Waals surface area contributed by atoms with Gasteiger partial charge in [-0.2, -0.15) is 0 Å². The summed E-state index contributed by atoms with van der Waals surface area (Å²) in [6.45, 7) is 0. The third-order valence-corrected chi connectivity index (χ3v) is 5.93. The molecule has 3 aromatic rings. The van der Waals surface area contributed by atoms with E-state index in [9.17, 15) is 21.6 Å². The lowest BCUT2D eigenvalue weighted by Crippen LogP contribution is -2.15. The molecule has 0 atom stereocenters. The number of carbonyl (C=O) groups is 1. The van der Waals surface area contributed by atoms with Crippen LogP contribution in [0.25, 0.3) is 0 Å². The quantitative estimate of drug-likeness (QED) is 0.554. The summed E-state index contributed by atoms with van der Waals surface area (Å²) < 4.78 is 54.7. The molecule has 9 nitrogen and oxygen atoms in total. The van der Waals surface area contributed by atoms with Crippen LogP contribution in [0.5, 0.6) is 0 Å². The van der Waals surface area contributed by atoms with Gasteiger partial charge in [0, 0.05) is 11.4 Å². The zero-order chi connectivity index (χ0) is 20.4. The van der Waals surface area contributed by atoms with E-state index in [2.05, 4.69) is 10.0 Å². The monoisotopic (exact) mass is 421 g/mol. The largest absolute Gasteiger partial charge is 0.459 e. The van der Waals surface area contributed by atoms with Gasteiger partial charge >= 0.3 is 0 Å². The van der Waals surface area contributed by atoms with Crippen LogP contribution >= 0.6 is 0 Å². The van der Waals surface area contributed by atoms with Crippen LogP contribution in [0.1, 0.15) is 10.6 Å². The number of hydrogen-bond donors (Lipinski definition) is 3. The third-order valence-electron chi connectivity index (χ3n) is 3.60. The van der Waals surface area contributed by atoms with Gasteiger partial charge in [0.1, 0.15) is 0 Å². The smallest absolute Gasteiger partial charge is 0.291 e. The molecule has 28 heavy (non-hydrogen) atoms. The topological polar surface area (TPSA) is 149 Å². The average molecular weight is 421 g/mol. The molecule has 2 aromatic carbocycles. The van der Waals surface area contributed by atoms with Crippen molar-refractivity contribution in [1.82, 2.24) is 0 Å². The Labute approximate surface area is 161 Å². The Kier molecular flexibility index (Phi) is 5.23. The lowest BCUT2D eigenvalue weighted by atomic mass is 10.3. The fraction of sp³-hybridized carbons (Fsp3) is 0. The number of sulfonamides is 2. The molecule has 0 aliphatic carbocycles. The summed E-state index contributed by atoms with van der Waals surface area (Å²) in [6, 6.07) is 13.5. The van der Waals surface area contributed by atoms with Gasteiger partial charge in [0.2, 0.25) is 10.0 Å². The van der Waals surface area contributed by atoms with E-state index in [4.69, 9.17) is 9.56 Å². The number of nitrogens with one attached hydrogen (secondary N) is 2. The van der Waals surface area contributed by atoms with E-state index in [1.165, 1.54) is 60.9 Å². The number of carbonyl (C=O) groups excluding carboxylic acids is 1. The van der Waals surface area contributed by atoms with E-state index < -0.39 is 26.0 Å². The second-order valence-electron chi connectivity index (χ2n) is 5.63. The summed E-state index contributed by atoms with van der Waals surface area (Å²) in [7, 11) is -7.78. The Morgan fingerprint density at radius 2 is 1.39 bits per heavy atom. The fourth-order valence-electron chi connectivity index (χ4n) is 2.24. The molecule has 0 saturated heterocycles. The number of nitrogens with two attached hydrogens (primary N) is 1. The van der Waals surface area contributed by atoms with Gasteiger partial charge in [0.25, 0.3) is 15.9 Å². The van der Waals surface area contributed by atoms with Gasteiger partial charge in [-0.3, -0.25) is 9.52 Å². The summed E-state index contributed by atoms with van der Waals surface area (Å²) in [5, 5.41) is 7.58. The summed E-state index contributed by atoms with van der Waals surface area (Å²) in [6.07, 6.45) is 1.37. The van der Waals surface area contributed by atoms with Crippen LogP contribution in [0.15, 0.2) is 81.1 Å². The maximum atomic E-state index is 12.4. The molecular formula is C17H15N3O6S2. The van der Waals surface area contributed by atoms with E-state index in [1.807, 2.05) is 0 Å². The standard InChI is InChI=1S/C17H15N3O6S2/c18-27(22,23)14-7-5-13(6-8-14)20-28(24,25)15-9-3-12(4-10-15)19-17(21)16-2-1-11-26-16/h1-11,20H,(H,19,21)(H2,18,22,23). The number of hydrogen-bond acceptors (Lipinski definition) is 6. The molecule has 3 rings (SSSR count). The Bertz CT molecular complexity index is 1180. The predicted octanol–water partition coefficient (Wildman–Crippen LogP) is 1.98. The molecule has 146 valence electrons. The summed E-state index contributed by atoms with van der Waals surface area (Å²) in [5.74, 6) is -0.338. The normalized spacial score (nSPS) is 11.8. The highest BCUT2D eigenvalue weighted by molar-refractivity contribution is 7.92. The minimum absolute atomic E-state index is 0.0426. The highest BCUT2D eigenvalue weighted by Gasteiger charge is 2.16. The van der Waals surface area contributed by atoms with Gasteiger partial charge in [-0.05, 0) is 60.7 Å². The molecule has 1 aromatic heterocycles. The van der Waals surface area contributed by atoms with Crippen LogP contribution in [0.2, 0.25) is 0 Å². The average Bonchev–Trinajstić information content (AvgIpc) is 3.16. The first-order valence-electron chi connectivity index (χ1n) is 7.76. The molecule has 4 N–H and O–H groups in total. The highest BCUT2D eigenvalue weighted by atomic mass is 32.2. The molecule has 1 amide bonds. The van der Waals surface area contributed by atoms with Crippen molar-refractivity contribution in [2.75, 3.05) is 10.0 Å². The van der Waals surface area contributed by atoms with Gasteiger partial charge in [-0.15, -0.1) is 0 Å². The Morgan fingerprint density at radius 3 is 1.93 bits per heavy atom. The number of rotatable bonds is 6. The van der Waals surface area contributed by atoms with Gasteiger partial charge in [-0.1, -0.05) is 0 Å². The summed E-state index contributed by atoms with van der Waals surface area (Å²) >= 11 is 0. The van der Waals surface area contributed by atoms with Crippen molar-refractivity contribution >= 4 is 37.3 Å². The SMILES string of the molecule is NS(=O)(=O)c1ccc(NS(=O)(=O)c2ccc(NC(=O)c3ccco3)cc2)cc1. The highest BCUT2D eigenvalue weighted by Crippen LogP contribution is 2.20. The lowest BCUT2D eigenvalue weighted by molar-refractivity contribution is 0.0996. The second-order valence-corrected chi connectivity index (χ2v) is 8.87. The molecule has 0 radical (unpaired) electrons. The second kappa shape index (κ2) is 7.46. The Hall–Kier alpha value is -3.15. The van der Waals surface area contributed by atoms with Crippen molar-refractivity contribution in [2.24, 2.45) is 5.14 Å². The van der Waals surface area contributed by atoms with E-state index in [0.717, 1.165) is 0 Å². The van der Waals surface area contributed by atoms with E-state index in [0.29, 0.717) is 5.69 Å². The zero-order valence-electron chi connectivity index (χ0n) is 14.2. The minimum atomic E-state index is -3.91. The van der Waals surface area contributed by atoms with Crippen molar-refractivity contribution < 1.29 is 26.0 Å². The van der Waals surface area contributed by atoms with E-state index in [1.54, 1.807) is 6.07 Å². The molecule has 0 aliphatic rings. The van der Waals surface area contributed by atoms with Crippen molar-refractivity contribution in [3.05, 3.63) is 72.7 Å². The molecule has 11 heteroatoms.